The molecule has 1 aromatic heterocycles. The first-order chi connectivity index (χ1) is 13.1. The molecule has 2 aromatic carbocycles. The van der Waals surface area contributed by atoms with Crippen molar-refractivity contribution in [3.05, 3.63) is 71.3 Å². The van der Waals surface area contributed by atoms with Gasteiger partial charge < -0.3 is 10.1 Å². The Kier molecular flexibility index (Phi) is 5.11. The molecule has 0 unspecified atom stereocenters. The van der Waals surface area contributed by atoms with Gasteiger partial charge in [0.25, 0.3) is 5.19 Å². The zero-order valence-electron chi connectivity index (χ0n) is 14.5. The van der Waals surface area contributed by atoms with Gasteiger partial charge in [-0.1, -0.05) is 24.3 Å². The summed E-state index contributed by atoms with van der Waals surface area (Å²) in [6, 6.07) is 14.1. The van der Waals surface area contributed by atoms with Crippen molar-refractivity contribution in [1.29, 1.82) is 0 Å². The van der Waals surface area contributed by atoms with Crippen molar-refractivity contribution >= 4 is 17.4 Å². The number of benzene rings is 2. The molecule has 1 fully saturated rings. The standard InChI is InChI=1S/C20H18FN3O2S/c21-15-5-1-13(2-6-15)11-18-23-20(27-24-18)26-17-9-3-14(4-10-17)12-19(25)22-16-7-8-16/h1-6,9-10,16H,7-8,11-12H2,(H,22,25). The largest absolute Gasteiger partial charge is 0.430 e. The topological polar surface area (TPSA) is 64.1 Å². The molecule has 0 aliphatic heterocycles. The molecule has 0 radical (unpaired) electrons. The molecule has 1 amide bonds. The lowest BCUT2D eigenvalue weighted by Crippen LogP contribution is -2.26. The third-order valence-electron chi connectivity index (χ3n) is 4.16. The summed E-state index contributed by atoms with van der Waals surface area (Å²) in [7, 11) is 0. The fourth-order valence-corrected chi connectivity index (χ4v) is 3.17. The maximum absolute atomic E-state index is 13.0. The number of nitrogens with one attached hydrogen (secondary N) is 1. The SMILES string of the molecule is O=C(Cc1ccc(Oc2nc(Cc3ccc(F)cc3)ns2)cc1)NC1CC1. The van der Waals surface area contributed by atoms with Crippen molar-refractivity contribution < 1.29 is 13.9 Å². The van der Waals surface area contributed by atoms with E-state index in [1.165, 1.54) is 23.7 Å². The van der Waals surface area contributed by atoms with Crippen LogP contribution in [0.25, 0.3) is 0 Å². The first-order valence-electron chi connectivity index (χ1n) is 8.77. The van der Waals surface area contributed by atoms with E-state index in [2.05, 4.69) is 14.7 Å². The average molecular weight is 383 g/mol. The molecule has 1 N–H and O–H groups in total. The van der Waals surface area contributed by atoms with Gasteiger partial charge in [-0.25, -0.2) is 4.39 Å². The molecule has 138 valence electrons. The minimum atomic E-state index is -0.262. The van der Waals surface area contributed by atoms with Gasteiger partial charge in [-0.05, 0) is 48.2 Å². The van der Waals surface area contributed by atoms with Crippen LogP contribution in [-0.2, 0) is 17.6 Å². The Bertz CT molecular complexity index is 921. The van der Waals surface area contributed by atoms with Crippen molar-refractivity contribution in [3.8, 4) is 10.9 Å². The number of carbonyl (C=O) groups excluding carboxylic acids is 1. The molecular weight excluding hydrogens is 365 g/mol. The summed E-state index contributed by atoms with van der Waals surface area (Å²) in [6.07, 6.45) is 3.07. The van der Waals surface area contributed by atoms with Crippen molar-refractivity contribution in [1.82, 2.24) is 14.7 Å². The summed E-state index contributed by atoms with van der Waals surface area (Å²) in [5, 5.41) is 3.43. The normalized spacial score (nSPS) is 13.4. The third-order valence-corrected chi connectivity index (χ3v) is 4.79. The molecule has 4 rings (SSSR count). The molecule has 5 nitrogen and oxygen atoms in total. The Morgan fingerprint density at radius 3 is 2.52 bits per heavy atom. The first-order valence-corrected chi connectivity index (χ1v) is 9.54. The van der Waals surface area contributed by atoms with E-state index < -0.39 is 0 Å². The fraction of sp³-hybridized carbons (Fsp3) is 0.250. The fourth-order valence-electron chi connectivity index (χ4n) is 2.60. The lowest BCUT2D eigenvalue weighted by Gasteiger charge is -2.05. The minimum absolute atomic E-state index is 0.0562. The molecule has 0 saturated heterocycles. The number of halogens is 1. The van der Waals surface area contributed by atoms with Crippen LogP contribution >= 0.6 is 11.5 Å². The smallest absolute Gasteiger partial charge is 0.298 e. The predicted octanol–water partition coefficient (Wildman–Crippen LogP) is 3.88. The van der Waals surface area contributed by atoms with Crippen molar-refractivity contribution in [2.75, 3.05) is 0 Å². The Morgan fingerprint density at radius 1 is 1.11 bits per heavy atom. The van der Waals surface area contributed by atoms with Crippen molar-refractivity contribution in [3.63, 3.8) is 0 Å². The summed E-state index contributed by atoms with van der Waals surface area (Å²) in [5.74, 6) is 1.07. The van der Waals surface area contributed by atoms with Crippen LogP contribution in [0.3, 0.4) is 0 Å². The number of hydrogen-bond donors (Lipinski definition) is 1. The van der Waals surface area contributed by atoms with Crippen LogP contribution in [0.1, 0.15) is 29.8 Å². The Balaban J connectivity index is 1.32. The second-order valence-corrected chi connectivity index (χ2v) is 7.26. The van der Waals surface area contributed by atoms with Gasteiger partial charge in [-0.3, -0.25) is 4.79 Å². The van der Waals surface area contributed by atoms with Gasteiger partial charge in [0.05, 0.1) is 6.42 Å². The van der Waals surface area contributed by atoms with Crippen LogP contribution in [0.4, 0.5) is 4.39 Å². The van der Waals surface area contributed by atoms with E-state index in [4.69, 9.17) is 4.74 Å². The highest BCUT2D eigenvalue weighted by Crippen LogP contribution is 2.24. The minimum Gasteiger partial charge on any atom is -0.430 e. The number of nitrogens with zero attached hydrogens (tertiary/aromatic N) is 2. The first kappa shape index (κ1) is 17.6. The van der Waals surface area contributed by atoms with Crippen LogP contribution in [0, 0.1) is 5.82 Å². The summed E-state index contributed by atoms with van der Waals surface area (Å²) >= 11 is 1.17. The highest BCUT2D eigenvalue weighted by atomic mass is 32.1. The number of ether oxygens (including phenoxy) is 1. The van der Waals surface area contributed by atoms with Crippen molar-refractivity contribution in [2.45, 2.75) is 31.7 Å². The maximum Gasteiger partial charge on any atom is 0.298 e. The Hall–Kier alpha value is -2.80. The molecule has 1 aliphatic carbocycles. The van der Waals surface area contributed by atoms with Gasteiger partial charge in [0.1, 0.15) is 11.6 Å². The third kappa shape index (κ3) is 5.10. The van der Waals surface area contributed by atoms with Gasteiger partial charge in [0.15, 0.2) is 5.82 Å². The molecule has 27 heavy (non-hydrogen) atoms. The number of amides is 1. The summed E-state index contributed by atoms with van der Waals surface area (Å²) in [5.41, 5.74) is 1.88. The molecule has 3 aromatic rings. The predicted molar refractivity (Wildman–Crippen MR) is 100 cm³/mol. The van der Waals surface area contributed by atoms with Gasteiger partial charge in [-0.2, -0.15) is 9.36 Å². The average Bonchev–Trinajstić information content (AvgIpc) is 3.36. The number of hydrogen-bond acceptors (Lipinski definition) is 5. The van der Waals surface area contributed by atoms with E-state index in [1.54, 1.807) is 12.1 Å². The van der Waals surface area contributed by atoms with Crippen LogP contribution in [-0.4, -0.2) is 21.3 Å². The Labute approximate surface area is 160 Å². The van der Waals surface area contributed by atoms with Crippen LogP contribution < -0.4 is 10.1 Å². The second kappa shape index (κ2) is 7.84. The highest BCUT2D eigenvalue weighted by Gasteiger charge is 2.23. The quantitative estimate of drug-likeness (QED) is 0.672. The molecular formula is C20H18FN3O2S. The zero-order valence-corrected chi connectivity index (χ0v) is 15.3. The van der Waals surface area contributed by atoms with Crippen LogP contribution in [0.5, 0.6) is 10.9 Å². The summed E-state index contributed by atoms with van der Waals surface area (Å²) in [4.78, 5) is 16.2. The molecule has 0 bridgehead atoms. The van der Waals surface area contributed by atoms with E-state index in [0.29, 0.717) is 35.7 Å². The van der Waals surface area contributed by atoms with E-state index in [9.17, 15) is 9.18 Å². The second-order valence-electron chi connectivity index (χ2n) is 6.54. The number of rotatable bonds is 7. The highest BCUT2D eigenvalue weighted by molar-refractivity contribution is 7.07. The lowest BCUT2D eigenvalue weighted by atomic mass is 10.1. The molecule has 7 heteroatoms. The maximum atomic E-state index is 13.0. The number of carbonyl (C=O) groups is 1. The number of aromatic nitrogens is 2. The lowest BCUT2D eigenvalue weighted by molar-refractivity contribution is -0.120. The van der Waals surface area contributed by atoms with Crippen LogP contribution in [0.15, 0.2) is 48.5 Å². The van der Waals surface area contributed by atoms with Gasteiger partial charge in [-0.15, -0.1) is 0 Å². The Morgan fingerprint density at radius 2 is 1.81 bits per heavy atom. The molecule has 1 heterocycles. The van der Waals surface area contributed by atoms with E-state index >= 15 is 0 Å². The zero-order chi connectivity index (χ0) is 18.6. The van der Waals surface area contributed by atoms with Gasteiger partial charge in [0, 0.05) is 24.0 Å². The van der Waals surface area contributed by atoms with E-state index in [1.807, 2.05) is 24.3 Å². The molecule has 1 saturated carbocycles. The summed E-state index contributed by atoms with van der Waals surface area (Å²) in [6.45, 7) is 0. The monoisotopic (exact) mass is 383 g/mol. The van der Waals surface area contributed by atoms with Gasteiger partial charge >= 0.3 is 0 Å². The van der Waals surface area contributed by atoms with E-state index in [0.717, 1.165) is 24.0 Å². The van der Waals surface area contributed by atoms with Crippen LogP contribution in [0.2, 0.25) is 0 Å². The molecule has 0 spiro atoms. The molecule has 1 aliphatic rings. The molecule has 0 atom stereocenters. The van der Waals surface area contributed by atoms with Crippen molar-refractivity contribution in [2.24, 2.45) is 0 Å². The van der Waals surface area contributed by atoms with Gasteiger partial charge in [0.2, 0.25) is 5.91 Å². The summed E-state index contributed by atoms with van der Waals surface area (Å²) < 4.78 is 23.0. The van der Waals surface area contributed by atoms with E-state index in [-0.39, 0.29) is 11.7 Å².